The quantitative estimate of drug-likeness (QED) is 0.782. The maximum atomic E-state index is 4.18. The number of hydrogen-bond donors (Lipinski definition) is 0. The Kier molecular flexibility index (Phi) is 1.97. The Labute approximate surface area is 106 Å². The Hall–Kier alpha value is -1.47. The van der Waals surface area contributed by atoms with E-state index in [4.69, 9.17) is 0 Å². The molecule has 17 heavy (non-hydrogen) atoms. The van der Waals surface area contributed by atoms with Crippen molar-refractivity contribution in [2.45, 2.75) is 10.5 Å². The third-order valence-electron chi connectivity index (χ3n) is 2.64. The van der Waals surface area contributed by atoms with E-state index >= 15 is 0 Å². The van der Waals surface area contributed by atoms with Crippen LogP contribution in [0.15, 0.2) is 46.4 Å². The summed E-state index contributed by atoms with van der Waals surface area (Å²) >= 11 is 3.43. The van der Waals surface area contributed by atoms with Gasteiger partial charge in [0.1, 0.15) is 16.7 Å². The SMILES string of the molecule is C1=C2Sc3nncn3N2[C@H](c2cccnc2)S1. The molecule has 84 valence electrons. The lowest BCUT2D eigenvalue weighted by Crippen LogP contribution is -2.28. The highest BCUT2D eigenvalue weighted by Gasteiger charge is 2.37. The van der Waals surface area contributed by atoms with Crippen LogP contribution in [-0.2, 0) is 0 Å². The minimum Gasteiger partial charge on any atom is -0.264 e. The molecule has 0 amide bonds. The molecular formula is C10H7N5S2. The van der Waals surface area contributed by atoms with Gasteiger partial charge in [-0.3, -0.25) is 9.99 Å². The van der Waals surface area contributed by atoms with Crippen LogP contribution in [0.2, 0.25) is 0 Å². The molecule has 0 saturated carbocycles. The summed E-state index contributed by atoms with van der Waals surface area (Å²) in [6, 6.07) is 4.05. The van der Waals surface area contributed by atoms with Crippen molar-refractivity contribution in [3.8, 4) is 0 Å². The van der Waals surface area contributed by atoms with Gasteiger partial charge in [-0.15, -0.1) is 10.2 Å². The average Bonchev–Trinajstić information content (AvgIpc) is 3.00. The molecule has 2 aromatic heterocycles. The fraction of sp³-hybridized carbons (Fsp3) is 0.100. The summed E-state index contributed by atoms with van der Waals surface area (Å²) in [5, 5.41) is 14.7. The highest BCUT2D eigenvalue weighted by molar-refractivity contribution is 8.07. The normalized spacial score (nSPS) is 21.3. The highest BCUT2D eigenvalue weighted by atomic mass is 32.2. The molecule has 0 N–H and O–H groups in total. The van der Waals surface area contributed by atoms with E-state index in [0.717, 1.165) is 5.16 Å². The Balaban J connectivity index is 1.78. The number of thioether (sulfide) groups is 2. The second-order valence-electron chi connectivity index (χ2n) is 3.64. The standard InChI is InChI=1S/C10H7N5S2/c1-2-7(4-11-3-1)9-15-8(5-16-9)17-10-13-12-6-14(10)15/h1-6,9H/t9-/m0/s1. The van der Waals surface area contributed by atoms with E-state index in [1.807, 2.05) is 16.9 Å². The second-order valence-corrected chi connectivity index (χ2v) is 5.58. The zero-order chi connectivity index (χ0) is 11.2. The molecule has 2 aromatic rings. The molecule has 0 fully saturated rings. The van der Waals surface area contributed by atoms with Gasteiger partial charge in [0, 0.05) is 23.4 Å². The van der Waals surface area contributed by atoms with Crippen LogP contribution in [0.25, 0.3) is 0 Å². The maximum Gasteiger partial charge on any atom is 0.216 e. The van der Waals surface area contributed by atoms with Crippen molar-refractivity contribution >= 4 is 23.5 Å². The van der Waals surface area contributed by atoms with Crippen LogP contribution < -0.4 is 5.01 Å². The number of pyridine rings is 1. The van der Waals surface area contributed by atoms with Crippen molar-refractivity contribution in [3.05, 3.63) is 46.9 Å². The van der Waals surface area contributed by atoms with Crippen LogP contribution >= 0.6 is 23.5 Å². The number of fused-ring (bicyclic) bond motifs is 3. The van der Waals surface area contributed by atoms with E-state index in [2.05, 4.69) is 31.7 Å². The zero-order valence-corrected chi connectivity index (χ0v) is 10.2. The van der Waals surface area contributed by atoms with Crippen LogP contribution in [0.1, 0.15) is 10.9 Å². The Morgan fingerprint density at radius 1 is 1.35 bits per heavy atom. The molecule has 0 unspecified atom stereocenters. The molecule has 5 nitrogen and oxygen atoms in total. The lowest BCUT2D eigenvalue weighted by atomic mass is 10.3. The largest absolute Gasteiger partial charge is 0.264 e. The molecule has 7 heteroatoms. The van der Waals surface area contributed by atoms with Crippen molar-refractivity contribution in [2.75, 3.05) is 5.01 Å². The molecule has 4 rings (SSSR count). The first-order valence-electron chi connectivity index (χ1n) is 5.06. The van der Waals surface area contributed by atoms with E-state index in [0.29, 0.717) is 0 Å². The minimum atomic E-state index is 0.225. The van der Waals surface area contributed by atoms with Crippen molar-refractivity contribution in [1.29, 1.82) is 0 Å². The van der Waals surface area contributed by atoms with Gasteiger partial charge in [-0.1, -0.05) is 17.8 Å². The summed E-state index contributed by atoms with van der Waals surface area (Å²) in [4.78, 5) is 4.18. The average molecular weight is 261 g/mol. The van der Waals surface area contributed by atoms with E-state index in [9.17, 15) is 0 Å². The first-order chi connectivity index (χ1) is 8.43. The summed E-state index contributed by atoms with van der Waals surface area (Å²) < 4.78 is 1.99. The van der Waals surface area contributed by atoms with E-state index < -0.39 is 0 Å². The summed E-state index contributed by atoms with van der Waals surface area (Å²) in [6.07, 6.45) is 5.44. The molecule has 0 spiro atoms. The third-order valence-corrected chi connectivity index (χ3v) is 4.85. The topological polar surface area (TPSA) is 46.8 Å². The smallest absolute Gasteiger partial charge is 0.216 e. The van der Waals surface area contributed by atoms with Crippen LogP contribution in [-0.4, -0.2) is 19.9 Å². The third kappa shape index (κ3) is 1.32. The predicted molar refractivity (Wildman–Crippen MR) is 66.7 cm³/mol. The summed E-state index contributed by atoms with van der Waals surface area (Å²) in [5.41, 5.74) is 1.19. The first kappa shape index (κ1) is 9.55. The lowest BCUT2D eigenvalue weighted by Gasteiger charge is -2.23. The fourth-order valence-electron chi connectivity index (χ4n) is 1.91. The minimum absolute atomic E-state index is 0.225. The molecule has 4 heterocycles. The van der Waals surface area contributed by atoms with Gasteiger partial charge >= 0.3 is 0 Å². The van der Waals surface area contributed by atoms with Crippen LogP contribution in [0.5, 0.6) is 0 Å². The van der Waals surface area contributed by atoms with Gasteiger partial charge in [-0.2, -0.15) is 0 Å². The Bertz CT molecular complexity index is 594. The first-order valence-corrected chi connectivity index (χ1v) is 6.82. The van der Waals surface area contributed by atoms with Crippen molar-refractivity contribution in [2.24, 2.45) is 0 Å². The summed E-state index contributed by atoms with van der Waals surface area (Å²) in [6.45, 7) is 0. The van der Waals surface area contributed by atoms with Crippen LogP contribution in [0, 0.1) is 0 Å². The number of rotatable bonds is 1. The molecule has 0 saturated heterocycles. The Morgan fingerprint density at radius 3 is 3.24 bits per heavy atom. The van der Waals surface area contributed by atoms with Crippen LogP contribution in [0.3, 0.4) is 0 Å². The van der Waals surface area contributed by atoms with Gasteiger partial charge < -0.3 is 0 Å². The summed E-state index contributed by atoms with van der Waals surface area (Å²) in [5.74, 6) is 0. The van der Waals surface area contributed by atoms with Gasteiger partial charge in [0.05, 0.1) is 0 Å². The van der Waals surface area contributed by atoms with Gasteiger partial charge in [0.2, 0.25) is 5.16 Å². The highest BCUT2D eigenvalue weighted by Crippen LogP contribution is 2.50. The zero-order valence-electron chi connectivity index (χ0n) is 8.59. The number of nitrogens with zero attached hydrogens (tertiary/aromatic N) is 5. The monoisotopic (exact) mass is 261 g/mol. The fourth-order valence-corrected chi connectivity index (χ4v) is 4.11. The van der Waals surface area contributed by atoms with E-state index in [1.165, 1.54) is 10.6 Å². The van der Waals surface area contributed by atoms with Gasteiger partial charge in [-0.05, 0) is 17.8 Å². The molecule has 0 aromatic carbocycles. The predicted octanol–water partition coefficient (Wildman–Crippen LogP) is 1.96. The molecule has 2 aliphatic rings. The Morgan fingerprint density at radius 2 is 2.35 bits per heavy atom. The lowest BCUT2D eigenvalue weighted by molar-refractivity contribution is 0.633. The van der Waals surface area contributed by atoms with Crippen LogP contribution in [0.4, 0.5) is 0 Å². The molecular weight excluding hydrogens is 254 g/mol. The van der Waals surface area contributed by atoms with E-state index in [-0.39, 0.29) is 5.37 Å². The number of aromatic nitrogens is 4. The molecule has 0 radical (unpaired) electrons. The molecule has 1 atom stereocenters. The van der Waals surface area contributed by atoms with Crippen molar-refractivity contribution < 1.29 is 0 Å². The second kappa shape index (κ2) is 3.51. The maximum absolute atomic E-state index is 4.18. The van der Waals surface area contributed by atoms with E-state index in [1.54, 1.807) is 36.0 Å². The summed E-state index contributed by atoms with van der Waals surface area (Å²) in [7, 11) is 0. The molecule has 2 aliphatic heterocycles. The number of hydrogen-bond acceptors (Lipinski definition) is 6. The molecule has 0 bridgehead atoms. The van der Waals surface area contributed by atoms with Gasteiger partial charge in [-0.25, -0.2) is 4.68 Å². The van der Waals surface area contributed by atoms with Gasteiger partial charge in [0.25, 0.3) is 0 Å². The van der Waals surface area contributed by atoms with Crippen molar-refractivity contribution in [3.63, 3.8) is 0 Å². The van der Waals surface area contributed by atoms with Crippen molar-refractivity contribution in [1.82, 2.24) is 19.9 Å². The molecule has 0 aliphatic carbocycles. The van der Waals surface area contributed by atoms with Gasteiger partial charge in [0.15, 0.2) is 0 Å².